The van der Waals surface area contributed by atoms with Crippen molar-refractivity contribution in [3.8, 4) is 11.5 Å². The van der Waals surface area contributed by atoms with E-state index in [0.717, 1.165) is 29.9 Å². The van der Waals surface area contributed by atoms with Gasteiger partial charge in [-0.1, -0.05) is 6.07 Å². The average molecular weight is 326 g/mol. The van der Waals surface area contributed by atoms with Crippen LogP contribution in [0.2, 0.25) is 0 Å². The van der Waals surface area contributed by atoms with Gasteiger partial charge < -0.3 is 19.4 Å². The summed E-state index contributed by atoms with van der Waals surface area (Å²) < 4.78 is 11.2. The first-order valence-corrected chi connectivity index (χ1v) is 8.11. The summed E-state index contributed by atoms with van der Waals surface area (Å²) in [5.41, 5.74) is 1.34. The fourth-order valence-electron chi connectivity index (χ4n) is 3.33. The van der Waals surface area contributed by atoms with Gasteiger partial charge >= 0.3 is 0 Å². The van der Waals surface area contributed by atoms with E-state index in [1.807, 2.05) is 23.1 Å². The van der Waals surface area contributed by atoms with Crippen molar-refractivity contribution in [1.82, 2.24) is 9.88 Å². The largest absolute Gasteiger partial charge is 0.486 e. The van der Waals surface area contributed by atoms with Gasteiger partial charge in [0.1, 0.15) is 13.2 Å². The number of fused-ring (bicyclic) bond motifs is 1. The molecule has 1 fully saturated rings. The molecule has 0 aliphatic carbocycles. The number of carbonyl (C=O) groups excluding carboxylic acids is 1. The minimum absolute atomic E-state index is 0.0141. The molecule has 0 spiro atoms. The van der Waals surface area contributed by atoms with E-state index >= 15 is 0 Å². The number of benzene rings is 1. The van der Waals surface area contributed by atoms with E-state index in [9.17, 15) is 9.59 Å². The second-order valence-corrected chi connectivity index (χ2v) is 6.00. The zero-order valence-electron chi connectivity index (χ0n) is 13.2. The van der Waals surface area contributed by atoms with Crippen molar-refractivity contribution in [3.63, 3.8) is 0 Å². The molecular formula is C18H18N2O4. The maximum Gasteiger partial charge on any atom is 0.255 e. The highest BCUT2D eigenvalue weighted by Crippen LogP contribution is 2.38. The van der Waals surface area contributed by atoms with Crippen LogP contribution in [0.25, 0.3) is 0 Å². The molecule has 0 unspecified atom stereocenters. The molecule has 1 aromatic heterocycles. The van der Waals surface area contributed by atoms with Crippen LogP contribution in [0.5, 0.6) is 11.5 Å². The third-order valence-electron chi connectivity index (χ3n) is 4.50. The highest BCUT2D eigenvalue weighted by atomic mass is 16.6. The van der Waals surface area contributed by atoms with Crippen LogP contribution in [-0.2, 0) is 0 Å². The van der Waals surface area contributed by atoms with Crippen LogP contribution in [0.15, 0.2) is 41.3 Å². The molecule has 1 saturated heterocycles. The summed E-state index contributed by atoms with van der Waals surface area (Å²) in [4.78, 5) is 28.4. The van der Waals surface area contributed by atoms with E-state index in [2.05, 4.69) is 4.98 Å². The second kappa shape index (κ2) is 6.03. The summed E-state index contributed by atoms with van der Waals surface area (Å²) in [6.07, 6.45) is 3.34. The Kier molecular flexibility index (Phi) is 3.72. The molecule has 0 bridgehead atoms. The summed E-state index contributed by atoms with van der Waals surface area (Å²) in [5, 5.41) is 0. The van der Waals surface area contributed by atoms with Gasteiger partial charge in [0.25, 0.3) is 5.91 Å². The van der Waals surface area contributed by atoms with Crippen molar-refractivity contribution < 1.29 is 14.3 Å². The Morgan fingerprint density at radius 3 is 2.75 bits per heavy atom. The monoisotopic (exact) mass is 326 g/mol. The molecule has 1 N–H and O–H groups in total. The van der Waals surface area contributed by atoms with E-state index in [1.165, 1.54) is 12.3 Å². The number of nitrogens with one attached hydrogen (secondary N) is 1. The number of H-pyrrole nitrogens is 1. The molecule has 6 heteroatoms. The van der Waals surface area contributed by atoms with Crippen molar-refractivity contribution in [3.05, 3.63) is 58.0 Å². The first-order valence-electron chi connectivity index (χ1n) is 8.11. The van der Waals surface area contributed by atoms with Gasteiger partial charge in [-0.25, -0.2) is 0 Å². The van der Waals surface area contributed by atoms with Crippen molar-refractivity contribution in [1.29, 1.82) is 0 Å². The minimum atomic E-state index is -0.212. The predicted octanol–water partition coefficient (Wildman–Crippen LogP) is 2.12. The van der Waals surface area contributed by atoms with E-state index < -0.39 is 0 Å². The number of carbonyl (C=O) groups is 1. The van der Waals surface area contributed by atoms with Gasteiger partial charge in [-0.3, -0.25) is 9.59 Å². The van der Waals surface area contributed by atoms with Gasteiger partial charge in [0, 0.05) is 18.8 Å². The molecule has 4 rings (SSSR count). The average Bonchev–Trinajstić information content (AvgIpc) is 3.11. The van der Waals surface area contributed by atoms with Crippen molar-refractivity contribution in [2.45, 2.75) is 18.9 Å². The SMILES string of the molecule is O=C(c1ccc(=O)[nH]c1)N1CCC[C@H]1c1ccc2c(c1)OCCO2. The zero-order chi connectivity index (χ0) is 16.5. The molecule has 2 aromatic rings. The molecule has 1 amide bonds. The van der Waals surface area contributed by atoms with Crippen LogP contribution < -0.4 is 15.0 Å². The van der Waals surface area contributed by atoms with Gasteiger partial charge in [0.05, 0.1) is 11.6 Å². The third kappa shape index (κ3) is 2.64. The fraction of sp³-hybridized carbons (Fsp3) is 0.333. The number of ether oxygens (including phenoxy) is 2. The molecule has 0 saturated carbocycles. The Balaban J connectivity index is 1.61. The lowest BCUT2D eigenvalue weighted by Crippen LogP contribution is -2.31. The Bertz CT molecular complexity index is 810. The number of amides is 1. The van der Waals surface area contributed by atoms with Crippen molar-refractivity contribution in [2.24, 2.45) is 0 Å². The van der Waals surface area contributed by atoms with Gasteiger partial charge in [0.15, 0.2) is 11.5 Å². The van der Waals surface area contributed by atoms with Crippen LogP contribution in [0.3, 0.4) is 0 Å². The topological polar surface area (TPSA) is 71.6 Å². The fourth-order valence-corrected chi connectivity index (χ4v) is 3.33. The highest BCUT2D eigenvalue weighted by Gasteiger charge is 2.31. The quantitative estimate of drug-likeness (QED) is 0.917. The van der Waals surface area contributed by atoms with Crippen molar-refractivity contribution >= 4 is 5.91 Å². The minimum Gasteiger partial charge on any atom is -0.486 e. The first-order chi connectivity index (χ1) is 11.7. The third-order valence-corrected chi connectivity index (χ3v) is 4.50. The van der Waals surface area contributed by atoms with Crippen LogP contribution >= 0.6 is 0 Å². The van der Waals surface area contributed by atoms with E-state index in [4.69, 9.17) is 9.47 Å². The Hall–Kier alpha value is -2.76. The molecule has 1 aromatic carbocycles. The van der Waals surface area contributed by atoms with Gasteiger partial charge in [-0.2, -0.15) is 0 Å². The van der Waals surface area contributed by atoms with E-state index in [1.54, 1.807) is 6.07 Å². The molecular weight excluding hydrogens is 308 g/mol. The number of aromatic amines is 1. The molecule has 2 aliphatic heterocycles. The number of aromatic nitrogens is 1. The first kappa shape index (κ1) is 14.8. The van der Waals surface area contributed by atoms with Crippen LogP contribution in [0, 0.1) is 0 Å². The lowest BCUT2D eigenvalue weighted by molar-refractivity contribution is 0.0734. The van der Waals surface area contributed by atoms with Crippen LogP contribution in [0.1, 0.15) is 34.8 Å². The smallest absolute Gasteiger partial charge is 0.255 e. The molecule has 1 atom stereocenters. The molecule has 0 radical (unpaired) electrons. The summed E-state index contributed by atoms with van der Waals surface area (Å²) in [7, 11) is 0. The highest BCUT2D eigenvalue weighted by molar-refractivity contribution is 5.94. The van der Waals surface area contributed by atoms with E-state index in [-0.39, 0.29) is 17.5 Å². The maximum absolute atomic E-state index is 12.8. The summed E-state index contributed by atoms with van der Waals surface area (Å²) in [6, 6.07) is 8.84. The number of pyridine rings is 1. The summed E-state index contributed by atoms with van der Waals surface area (Å²) in [6.45, 7) is 1.81. The van der Waals surface area contributed by atoms with E-state index in [0.29, 0.717) is 25.3 Å². The number of likely N-dealkylation sites (tertiary alicyclic amines) is 1. The maximum atomic E-state index is 12.8. The van der Waals surface area contributed by atoms with Crippen LogP contribution in [-0.4, -0.2) is 35.5 Å². The standard InChI is InChI=1S/C18H18N2O4/c21-17-6-4-13(11-19-17)18(22)20-7-1-2-14(20)12-3-5-15-16(10-12)24-9-8-23-15/h3-6,10-11,14H,1-2,7-9H2,(H,19,21)/t14-/m0/s1. The normalized spacial score (nSPS) is 19.3. The number of hydrogen-bond donors (Lipinski definition) is 1. The van der Waals surface area contributed by atoms with Crippen molar-refractivity contribution in [2.75, 3.05) is 19.8 Å². The number of nitrogens with zero attached hydrogens (tertiary/aromatic N) is 1. The lowest BCUT2D eigenvalue weighted by atomic mass is 10.0. The molecule has 24 heavy (non-hydrogen) atoms. The summed E-state index contributed by atoms with van der Waals surface area (Å²) >= 11 is 0. The second-order valence-electron chi connectivity index (χ2n) is 6.00. The number of rotatable bonds is 2. The van der Waals surface area contributed by atoms with Gasteiger partial charge in [0.2, 0.25) is 5.56 Å². The summed E-state index contributed by atoms with van der Waals surface area (Å²) in [5.74, 6) is 1.42. The van der Waals surface area contributed by atoms with Gasteiger partial charge in [-0.15, -0.1) is 0 Å². The van der Waals surface area contributed by atoms with Gasteiger partial charge in [-0.05, 0) is 36.6 Å². The molecule has 2 aliphatic rings. The Morgan fingerprint density at radius 1 is 1.12 bits per heavy atom. The zero-order valence-corrected chi connectivity index (χ0v) is 13.2. The predicted molar refractivity (Wildman–Crippen MR) is 87.5 cm³/mol. The molecule has 124 valence electrons. The Labute approximate surface area is 139 Å². The van der Waals surface area contributed by atoms with Crippen LogP contribution in [0.4, 0.5) is 0 Å². The Morgan fingerprint density at radius 2 is 1.96 bits per heavy atom. The lowest BCUT2D eigenvalue weighted by Gasteiger charge is -2.26. The molecule has 6 nitrogen and oxygen atoms in total. The molecule has 3 heterocycles. The number of hydrogen-bond acceptors (Lipinski definition) is 4.